The Bertz CT molecular complexity index is 845. The number of aryl methyl sites for hydroxylation is 1. The van der Waals surface area contributed by atoms with Gasteiger partial charge in [0.2, 0.25) is 5.91 Å². The summed E-state index contributed by atoms with van der Waals surface area (Å²) < 4.78 is 5.56. The van der Waals surface area contributed by atoms with Gasteiger partial charge in [0.1, 0.15) is 18.6 Å². The van der Waals surface area contributed by atoms with E-state index in [1.54, 1.807) is 25.1 Å². The van der Waals surface area contributed by atoms with Gasteiger partial charge in [-0.15, -0.1) is 0 Å². The number of hydrogen-bond donors (Lipinski definition) is 1. The van der Waals surface area contributed by atoms with Crippen molar-refractivity contribution in [1.29, 1.82) is 0 Å². The van der Waals surface area contributed by atoms with Crippen LogP contribution in [0.3, 0.4) is 0 Å². The van der Waals surface area contributed by atoms with E-state index in [0.717, 1.165) is 6.42 Å². The van der Waals surface area contributed by atoms with Crippen LogP contribution in [-0.4, -0.2) is 30.7 Å². The highest BCUT2D eigenvalue weighted by Gasteiger charge is 2.32. The summed E-state index contributed by atoms with van der Waals surface area (Å²) in [5.74, 6) is -0.168. The van der Waals surface area contributed by atoms with Gasteiger partial charge in [-0.2, -0.15) is 0 Å². The summed E-state index contributed by atoms with van der Waals surface area (Å²) in [6.07, 6.45) is 0.918. The summed E-state index contributed by atoms with van der Waals surface area (Å²) in [4.78, 5) is 37.3. The van der Waals surface area contributed by atoms with E-state index in [-0.39, 0.29) is 18.4 Å². The number of fused-ring (bicyclic) bond motifs is 1. The molecule has 2 amide bonds. The lowest BCUT2D eigenvalue weighted by atomic mass is 10.1. The number of nitrogens with zero attached hydrogens (tertiary/aromatic N) is 1. The molecule has 1 unspecified atom stereocenters. The Morgan fingerprint density at radius 2 is 1.96 bits per heavy atom. The molecule has 0 saturated heterocycles. The second kappa shape index (κ2) is 7.39. The fraction of sp³-hybridized carbons (Fsp3) is 0.250. The summed E-state index contributed by atoms with van der Waals surface area (Å²) in [5, 5.41) is 2.79. The van der Waals surface area contributed by atoms with E-state index in [9.17, 15) is 14.4 Å². The second-order valence-corrected chi connectivity index (χ2v) is 6.13. The summed E-state index contributed by atoms with van der Waals surface area (Å²) in [6, 6.07) is 12.4. The van der Waals surface area contributed by atoms with Crippen LogP contribution in [0.5, 0.6) is 5.75 Å². The third-order valence-electron chi connectivity index (χ3n) is 4.28. The third-order valence-corrected chi connectivity index (χ3v) is 4.28. The number of hydrogen-bond acceptors (Lipinski definition) is 4. The normalized spacial score (nSPS) is 15.8. The highest BCUT2D eigenvalue weighted by Crippen LogP contribution is 2.34. The summed E-state index contributed by atoms with van der Waals surface area (Å²) in [7, 11) is 0. The van der Waals surface area contributed by atoms with E-state index in [1.165, 1.54) is 10.5 Å². The molecule has 134 valence electrons. The molecule has 0 radical (unpaired) electrons. The average molecular weight is 352 g/mol. The minimum Gasteiger partial charge on any atom is -0.479 e. The topological polar surface area (TPSA) is 75.7 Å². The zero-order valence-corrected chi connectivity index (χ0v) is 14.7. The predicted octanol–water partition coefficient (Wildman–Crippen LogP) is 2.81. The largest absolute Gasteiger partial charge is 0.479 e. The van der Waals surface area contributed by atoms with Crippen LogP contribution >= 0.6 is 0 Å². The minimum atomic E-state index is -0.693. The number of anilines is 2. The van der Waals surface area contributed by atoms with E-state index in [1.807, 2.05) is 24.3 Å². The lowest BCUT2D eigenvalue weighted by Crippen LogP contribution is -2.47. The van der Waals surface area contributed by atoms with Crippen LogP contribution in [-0.2, 0) is 16.0 Å². The molecule has 1 heterocycles. The van der Waals surface area contributed by atoms with E-state index in [2.05, 4.69) is 12.2 Å². The maximum Gasteiger partial charge on any atom is 0.268 e. The number of rotatable bonds is 5. The standard InChI is InChI=1S/C20H20N2O4/c1-3-14-4-7-16(8-5-14)21-19(24)11-22-17-10-15(12-23)6-9-18(17)26-13(2)20(22)25/h4-10,12-13H,3,11H2,1-2H3,(H,21,24). The second-order valence-electron chi connectivity index (χ2n) is 6.13. The zero-order chi connectivity index (χ0) is 18.7. The van der Waals surface area contributed by atoms with E-state index < -0.39 is 6.10 Å². The van der Waals surface area contributed by atoms with Crippen molar-refractivity contribution in [3.63, 3.8) is 0 Å². The Balaban J connectivity index is 1.80. The molecule has 0 aromatic heterocycles. The van der Waals surface area contributed by atoms with Crippen LogP contribution in [0, 0.1) is 0 Å². The maximum atomic E-state index is 12.5. The monoisotopic (exact) mass is 352 g/mol. The van der Waals surface area contributed by atoms with Crippen molar-refractivity contribution in [1.82, 2.24) is 0 Å². The number of benzene rings is 2. The molecule has 6 heteroatoms. The lowest BCUT2D eigenvalue weighted by molar-refractivity contribution is -0.127. The Hall–Kier alpha value is -3.15. The van der Waals surface area contributed by atoms with Gasteiger partial charge in [-0.05, 0) is 49.2 Å². The van der Waals surface area contributed by atoms with Crippen molar-refractivity contribution in [3.05, 3.63) is 53.6 Å². The molecule has 2 aromatic rings. The maximum absolute atomic E-state index is 12.5. The molecule has 0 aliphatic carbocycles. The van der Waals surface area contributed by atoms with Crippen LogP contribution in [0.1, 0.15) is 29.8 Å². The van der Waals surface area contributed by atoms with Crippen LogP contribution in [0.25, 0.3) is 0 Å². The molecule has 3 rings (SSSR count). The number of carbonyl (C=O) groups is 3. The third kappa shape index (κ3) is 3.59. The Morgan fingerprint density at radius 3 is 2.62 bits per heavy atom. The molecule has 0 bridgehead atoms. The van der Waals surface area contributed by atoms with Gasteiger partial charge in [-0.3, -0.25) is 19.3 Å². The molecule has 2 aromatic carbocycles. The molecule has 1 N–H and O–H groups in total. The number of aldehydes is 1. The van der Waals surface area contributed by atoms with E-state index >= 15 is 0 Å². The molecule has 0 fully saturated rings. The first-order valence-corrected chi connectivity index (χ1v) is 8.48. The molecular formula is C20H20N2O4. The van der Waals surface area contributed by atoms with Crippen molar-refractivity contribution < 1.29 is 19.1 Å². The minimum absolute atomic E-state index is 0.155. The van der Waals surface area contributed by atoms with E-state index in [4.69, 9.17) is 4.74 Å². The first-order chi connectivity index (χ1) is 12.5. The Morgan fingerprint density at radius 1 is 1.23 bits per heavy atom. The number of ether oxygens (including phenoxy) is 1. The lowest BCUT2D eigenvalue weighted by Gasteiger charge is -2.32. The molecule has 0 saturated carbocycles. The van der Waals surface area contributed by atoms with Crippen LogP contribution in [0.15, 0.2) is 42.5 Å². The molecule has 6 nitrogen and oxygen atoms in total. The highest BCUT2D eigenvalue weighted by atomic mass is 16.5. The van der Waals surface area contributed by atoms with Gasteiger partial charge in [0, 0.05) is 11.3 Å². The van der Waals surface area contributed by atoms with Crippen molar-refractivity contribution >= 4 is 29.5 Å². The van der Waals surface area contributed by atoms with Crippen molar-refractivity contribution in [2.75, 3.05) is 16.8 Å². The average Bonchev–Trinajstić information content (AvgIpc) is 2.65. The quantitative estimate of drug-likeness (QED) is 0.840. The van der Waals surface area contributed by atoms with Gasteiger partial charge in [-0.1, -0.05) is 19.1 Å². The predicted molar refractivity (Wildman–Crippen MR) is 98.7 cm³/mol. The van der Waals surface area contributed by atoms with Crippen LogP contribution in [0.2, 0.25) is 0 Å². The summed E-state index contributed by atoms with van der Waals surface area (Å²) in [5.41, 5.74) is 2.68. The number of nitrogens with one attached hydrogen (secondary N) is 1. The Kier molecular flexibility index (Phi) is 5.02. The number of amides is 2. The van der Waals surface area contributed by atoms with Gasteiger partial charge >= 0.3 is 0 Å². The molecule has 0 spiro atoms. The first kappa shape index (κ1) is 17.7. The summed E-state index contributed by atoms with van der Waals surface area (Å²) >= 11 is 0. The van der Waals surface area contributed by atoms with Crippen molar-refractivity contribution in [2.24, 2.45) is 0 Å². The summed E-state index contributed by atoms with van der Waals surface area (Å²) in [6.45, 7) is 3.54. The fourth-order valence-corrected chi connectivity index (χ4v) is 2.83. The molecule has 1 aliphatic heterocycles. The highest BCUT2D eigenvalue weighted by molar-refractivity contribution is 6.06. The molecule has 26 heavy (non-hydrogen) atoms. The molecule has 1 atom stereocenters. The van der Waals surface area contributed by atoms with Gasteiger partial charge in [0.25, 0.3) is 5.91 Å². The zero-order valence-electron chi connectivity index (χ0n) is 14.7. The molecular weight excluding hydrogens is 332 g/mol. The number of carbonyl (C=O) groups excluding carboxylic acids is 3. The van der Waals surface area contributed by atoms with Crippen molar-refractivity contribution in [3.8, 4) is 5.75 Å². The van der Waals surface area contributed by atoms with Gasteiger partial charge in [0.05, 0.1) is 5.69 Å². The Labute approximate surface area is 151 Å². The van der Waals surface area contributed by atoms with Gasteiger partial charge < -0.3 is 10.1 Å². The van der Waals surface area contributed by atoms with Gasteiger partial charge in [0.15, 0.2) is 6.10 Å². The fourth-order valence-electron chi connectivity index (χ4n) is 2.83. The first-order valence-electron chi connectivity index (χ1n) is 8.48. The molecule has 1 aliphatic rings. The van der Waals surface area contributed by atoms with Crippen LogP contribution in [0.4, 0.5) is 11.4 Å². The SMILES string of the molecule is CCc1ccc(NC(=O)CN2C(=O)C(C)Oc3ccc(C=O)cc32)cc1. The van der Waals surface area contributed by atoms with E-state index in [0.29, 0.717) is 29.0 Å². The van der Waals surface area contributed by atoms with Crippen LogP contribution < -0.4 is 15.0 Å². The van der Waals surface area contributed by atoms with Gasteiger partial charge in [-0.25, -0.2) is 0 Å². The van der Waals surface area contributed by atoms with Crippen molar-refractivity contribution in [2.45, 2.75) is 26.4 Å². The smallest absolute Gasteiger partial charge is 0.268 e.